The van der Waals surface area contributed by atoms with Crippen LogP contribution in [0.2, 0.25) is 0 Å². The van der Waals surface area contributed by atoms with Crippen LogP contribution in [-0.4, -0.2) is 48.1 Å². The van der Waals surface area contributed by atoms with Gasteiger partial charge in [0.15, 0.2) is 0 Å². The predicted octanol–water partition coefficient (Wildman–Crippen LogP) is 5.25. The van der Waals surface area contributed by atoms with Crippen LogP contribution in [0.15, 0.2) is 54.6 Å². The van der Waals surface area contributed by atoms with Gasteiger partial charge in [0.25, 0.3) is 5.91 Å². The van der Waals surface area contributed by atoms with Gasteiger partial charge in [0, 0.05) is 56.8 Å². The fourth-order valence-electron chi connectivity index (χ4n) is 4.89. The number of para-hydroxylation sites is 2. The Labute approximate surface area is 202 Å². The molecule has 6 heteroatoms. The summed E-state index contributed by atoms with van der Waals surface area (Å²) in [5.74, 6) is 0.0654. The summed E-state index contributed by atoms with van der Waals surface area (Å²) in [7, 11) is 1.68. The predicted molar refractivity (Wildman–Crippen MR) is 136 cm³/mol. The minimum Gasteiger partial charge on any atom is -0.383 e. The molecule has 1 aromatic heterocycles. The van der Waals surface area contributed by atoms with Gasteiger partial charge in [0.05, 0.1) is 6.61 Å². The Balaban J connectivity index is 1.72. The second kappa shape index (κ2) is 11.3. The van der Waals surface area contributed by atoms with Crippen LogP contribution in [-0.2, 0) is 22.6 Å². The fourth-order valence-corrected chi connectivity index (χ4v) is 4.89. The van der Waals surface area contributed by atoms with Gasteiger partial charge in [0.2, 0.25) is 5.91 Å². The number of anilines is 1. The van der Waals surface area contributed by atoms with E-state index in [9.17, 15) is 9.59 Å². The van der Waals surface area contributed by atoms with E-state index < -0.39 is 0 Å². The van der Waals surface area contributed by atoms with Gasteiger partial charge in [-0.15, -0.1) is 0 Å². The molecule has 0 saturated heterocycles. The topological polar surface area (TPSA) is 54.8 Å². The lowest BCUT2D eigenvalue weighted by Crippen LogP contribution is -2.35. The highest BCUT2D eigenvalue weighted by atomic mass is 16.5. The molecule has 0 N–H and O–H groups in total. The summed E-state index contributed by atoms with van der Waals surface area (Å²) in [5.41, 5.74) is 3.64. The van der Waals surface area contributed by atoms with Crippen LogP contribution in [0.3, 0.4) is 0 Å². The first-order chi connectivity index (χ1) is 16.6. The first-order valence-electron chi connectivity index (χ1n) is 12.3. The third kappa shape index (κ3) is 5.33. The van der Waals surface area contributed by atoms with Crippen molar-refractivity contribution in [2.24, 2.45) is 0 Å². The van der Waals surface area contributed by atoms with Crippen molar-refractivity contribution in [2.45, 2.75) is 52.1 Å². The SMILES string of the molecule is COCCn1c(C(=O)N2CCCCCCCN(C(C)=O)c3ccccc3C2)cc2ccccc21. The summed E-state index contributed by atoms with van der Waals surface area (Å²) in [5, 5.41) is 1.06. The number of hydrogen-bond acceptors (Lipinski definition) is 3. The molecular formula is C28H35N3O3. The van der Waals surface area contributed by atoms with E-state index in [0.717, 1.165) is 54.3 Å². The van der Waals surface area contributed by atoms with Gasteiger partial charge in [-0.25, -0.2) is 0 Å². The minimum absolute atomic E-state index is 0.0218. The average Bonchev–Trinajstić information content (AvgIpc) is 3.21. The molecule has 6 nitrogen and oxygen atoms in total. The minimum atomic E-state index is 0.0218. The molecule has 3 aromatic rings. The number of aromatic nitrogens is 1. The zero-order chi connectivity index (χ0) is 23.9. The van der Waals surface area contributed by atoms with Crippen molar-refractivity contribution in [3.05, 3.63) is 65.9 Å². The van der Waals surface area contributed by atoms with E-state index in [4.69, 9.17) is 4.74 Å². The van der Waals surface area contributed by atoms with Crippen molar-refractivity contribution in [1.29, 1.82) is 0 Å². The van der Waals surface area contributed by atoms with Gasteiger partial charge in [-0.1, -0.05) is 55.7 Å². The molecule has 0 unspecified atom stereocenters. The third-order valence-corrected chi connectivity index (χ3v) is 6.67. The Morgan fingerprint density at radius 2 is 1.62 bits per heavy atom. The Bertz CT molecular complexity index is 1140. The lowest BCUT2D eigenvalue weighted by atomic mass is 10.1. The summed E-state index contributed by atoms with van der Waals surface area (Å²) < 4.78 is 7.41. The Morgan fingerprint density at radius 1 is 0.912 bits per heavy atom. The van der Waals surface area contributed by atoms with Crippen molar-refractivity contribution in [2.75, 3.05) is 31.7 Å². The number of carbonyl (C=O) groups is 2. The number of ether oxygens (including phenoxy) is 1. The normalized spacial score (nSPS) is 15.5. The molecule has 0 saturated carbocycles. The quantitative estimate of drug-likeness (QED) is 0.533. The van der Waals surface area contributed by atoms with Gasteiger partial charge in [-0.3, -0.25) is 9.59 Å². The van der Waals surface area contributed by atoms with Crippen molar-refractivity contribution in [1.82, 2.24) is 9.47 Å². The van der Waals surface area contributed by atoms with E-state index in [1.54, 1.807) is 14.0 Å². The van der Waals surface area contributed by atoms with Crippen LogP contribution in [0.25, 0.3) is 10.9 Å². The number of carbonyl (C=O) groups excluding carboxylic acids is 2. The van der Waals surface area contributed by atoms with Gasteiger partial charge in [-0.05, 0) is 36.6 Å². The van der Waals surface area contributed by atoms with Crippen LogP contribution < -0.4 is 4.90 Å². The Morgan fingerprint density at radius 3 is 2.41 bits per heavy atom. The summed E-state index contributed by atoms with van der Waals surface area (Å²) in [6.45, 7) is 4.66. The number of amides is 2. The maximum atomic E-state index is 14.0. The number of rotatable bonds is 4. The monoisotopic (exact) mass is 461 g/mol. The largest absolute Gasteiger partial charge is 0.383 e. The Hall–Kier alpha value is -3.12. The van der Waals surface area contributed by atoms with E-state index in [1.165, 1.54) is 0 Å². The number of fused-ring (bicyclic) bond motifs is 2. The highest BCUT2D eigenvalue weighted by Crippen LogP contribution is 2.27. The first-order valence-corrected chi connectivity index (χ1v) is 12.3. The highest BCUT2D eigenvalue weighted by Gasteiger charge is 2.24. The number of methoxy groups -OCH3 is 1. The highest BCUT2D eigenvalue weighted by molar-refractivity contribution is 5.99. The fraction of sp³-hybridized carbons (Fsp3) is 0.429. The lowest BCUT2D eigenvalue weighted by Gasteiger charge is -2.29. The van der Waals surface area contributed by atoms with Gasteiger partial charge < -0.3 is 19.1 Å². The molecule has 0 bridgehead atoms. The van der Waals surface area contributed by atoms with Crippen molar-refractivity contribution in [3.63, 3.8) is 0 Å². The average molecular weight is 462 g/mol. The molecule has 2 aromatic carbocycles. The second-order valence-electron chi connectivity index (χ2n) is 9.03. The molecule has 0 aliphatic carbocycles. The number of benzene rings is 2. The summed E-state index contributed by atoms with van der Waals surface area (Å²) in [6, 6.07) is 18.1. The van der Waals surface area contributed by atoms with Crippen LogP contribution >= 0.6 is 0 Å². The molecule has 0 radical (unpaired) electrons. The molecular weight excluding hydrogens is 426 g/mol. The number of nitrogens with zero attached hydrogens (tertiary/aromatic N) is 3. The van der Waals surface area contributed by atoms with Crippen LogP contribution in [0, 0.1) is 0 Å². The molecule has 0 spiro atoms. The van der Waals surface area contributed by atoms with E-state index >= 15 is 0 Å². The van der Waals surface area contributed by atoms with Crippen molar-refractivity contribution < 1.29 is 14.3 Å². The van der Waals surface area contributed by atoms with E-state index in [0.29, 0.717) is 38.5 Å². The molecule has 4 rings (SSSR count). The number of hydrogen-bond donors (Lipinski definition) is 0. The molecule has 0 fully saturated rings. The maximum absolute atomic E-state index is 14.0. The molecule has 2 heterocycles. The molecule has 1 aliphatic rings. The third-order valence-electron chi connectivity index (χ3n) is 6.67. The molecule has 2 amide bonds. The van der Waals surface area contributed by atoms with E-state index in [1.807, 2.05) is 58.3 Å². The second-order valence-corrected chi connectivity index (χ2v) is 9.03. The van der Waals surface area contributed by atoms with Crippen molar-refractivity contribution in [3.8, 4) is 0 Å². The van der Waals surface area contributed by atoms with Crippen LogP contribution in [0.1, 0.15) is 55.1 Å². The molecule has 34 heavy (non-hydrogen) atoms. The van der Waals surface area contributed by atoms with Gasteiger partial charge in [0.1, 0.15) is 5.69 Å². The van der Waals surface area contributed by atoms with Gasteiger partial charge in [-0.2, -0.15) is 0 Å². The Kier molecular flexibility index (Phi) is 8.01. The summed E-state index contributed by atoms with van der Waals surface area (Å²) >= 11 is 0. The van der Waals surface area contributed by atoms with E-state index in [2.05, 4.69) is 10.6 Å². The van der Waals surface area contributed by atoms with Crippen LogP contribution in [0.5, 0.6) is 0 Å². The van der Waals surface area contributed by atoms with Crippen molar-refractivity contribution >= 4 is 28.4 Å². The maximum Gasteiger partial charge on any atom is 0.270 e. The first kappa shape index (κ1) is 24.0. The molecule has 180 valence electrons. The van der Waals surface area contributed by atoms with Crippen LogP contribution in [0.4, 0.5) is 5.69 Å². The van der Waals surface area contributed by atoms with Gasteiger partial charge >= 0.3 is 0 Å². The zero-order valence-corrected chi connectivity index (χ0v) is 20.3. The van der Waals surface area contributed by atoms with E-state index in [-0.39, 0.29) is 11.8 Å². The lowest BCUT2D eigenvalue weighted by molar-refractivity contribution is -0.116. The zero-order valence-electron chi connectivity index (χ0n) is 20.3. The standard InChI is InChI=1S/C28H35N3O3/c1-22(32)30-17-11-5-3-4-10-16-29(21-24-13-7-9-15-26(24)30)28(33)27-20-23-12-6-8-14-25(23)31(27)18-19-34-2/h6-9,12-15,20H,3-5,10-11,16-19,21H2,1-2H3. The summed E-state index contributed by atoms with van der Waals surface area (Å²) in [4.78, 5) is 30.3. The summed E-state index contributed by atoms with van der Waals surface area (Å²) in [6.07, 6.45) is 5.26. The molecule has 1 aliphatic heterocycles. The molecule has 0 atom stereocenters. The smallest absolute Gasteiger partial charge is 0.270 e.